The first-order valence-electron chi connectivity index (χ1n) is 8.95. The number of nitriles is 1. The number of hydrogen-bond donors (Lipinski definition) is 0. The fourth-order valence-corrected chi connectivity index (χ4v) is 4.17. The van der Waals surface area contributed by atoms with Crippen molar-refractivity contribution in [3.05, 3.63) is 77.8 Å². The maximum atomic E-state index is 13.9. The van der Waals surface area contributed by atoms with Crippen LogP contribution in [0.2, 0.25) is 0 Å². The fraction of sp³-hybridized carbons (Fsp3) is 0.227. The molecule has 2 aromatic rings. The summed E-state index contributed by atoms with van der Waals surface area (Å²) in [6, 6.07) is 12.9. The van der Waals surface area contributed by atoms with E-state index in [2.05, 4.69) is 9.97 Å². The number of nitrogens with zero attached hydrogens (tertiary/aromatic N) is 4. The van der Waals surface area contributed by atoms with Gasteiger partial charge in [0.2, 0.25) is 5.91 Å². The molecule has 2 heterocycles. The first-order valence-corrected chi connectivity index (χ1v) is 8.95. The third kappa shape index (κ3) is 2.33. The van der Waals surface area contributed by atoms with Gasteiger partial charge in [-0.2, -0.15) is 5.26 Å². The van der Waals surface area contributed by atoms with Gasteiger partial charge in [0, 0.05) is 12.7 Å². The van der Waals surface area contributed by atoms with Crippen LogP contribution in [0.15, 0.2) is 72.2 Å². The van der Waals surface area contributed by atoms with Crippen LogP contribution in [-0.4, -0.2) is 28.2 Å². The molecule has 6 heteroatoms. The fourth-order valence-electron chi connectivity index (χ4n) is 4.17. The molecule has 4 rings (SSSR count). The van der Waals surface area contributed by atoms with Crippen molar-refractivity contribution in [2.24, 2.45) is 5.41 Å². The van der Waals surface area contributed by atoms with Crippen molar-refractivity contribution < 1.29 is 9.59 Å². The molecule has 1 aliphatic carbocycles. The van der Waals surface area contributed by atoms with Gasteiger partial charge in [-0.1, -0.05) is 36.4 Å². The maximum absolute atomic E-state index is 13.9. The molecule has 0 spiro atoms. The number of ketones is 1. The lowest BCUT2D eigenvalue weighted by Crippen LogP contribution is -2.57. The summed E-state index contributed by atoms with van der Waals surface area (Å²) in [5.74, 6) is -0.0217. The van der Waals surface area contributed by atoms with Gasteiger partial charge < -0.3 is 0 Å². The first kappa shape index (κ1) is 17.8. The monoisotopic (exact) mass is 370 g/mol. The SMILES string of the molecule is CC1(C)C(=O)C(C#N)=C[C@]2(c3ccccc3)C(=O)N(c3ccncn3)CC=C12. The second-order valence-electron chi connectivity index (χ2n) is 7.40. The maximum Gasteiger partial charge on any atom is 0.247 e. The van der Waals surface area contributed by atoms with Gasteiger partial charge in [-0.3, -0.25) is 14.5 Å². The third-order valence-corrected chi connectivity index (χ3v) is 5.52. The average Bonchev–Trinajstić information content (AvgIpc) is 2.73. The Kier molecular flexibility index (Phi) is 3.97. The van der Waals surface area contributed by atoms with Crippen LogP contribution in [0.4, 0.5) is 5.82 Å². The number of allylic oxidation sites excluding steroid dienone is 1. The van der Waals surface area contributed by atoms with Crippen molar-refractivity contribution in [1.82, 2.24) is 9.97 Å². The number of hydrogen-bond acceptors (Lipinski definition) is 5. The van der Waals surface area contributed by atoms with Crippen molar-refractivity contribution in [2.45, 2.75) is 19.3 Å². The summed E-state index contributed by atoms with van der Waals surface area (Å²) < 4.78 is 0. The number of aromatic nitrogens is 2. The molecule has 28 heavy (non-hydrogen) atoms. The highest BCUT2D eigenvalue weighted by molar-refractivity contribution is 6.14. The van der Waals surface area contributed by atoms with E-state index >= 15 is 0 Å². The third-order valence-electron chi connectivity index (χ3n) is 5.52. The van der Waals surface area contributed by atoms with Crippen LogP contribution < -0.4 is 4.90 Å². The zero-order valence-electron chi connectivity index (χ0n) is 15.6. The van der Waals surface area contributed by atoms with E-state index in [1.54, 1.807) is 31.0 Å². The lowest BCUT2D eigenvalue weighted by Gasteiger charge is -2.48. The Morgan fingerprint density at radius 1 is 1.14 bits per heavy atom. The van der Waals surface area contributed by atoms with Gasteiger partial charge in [0.15, 0.2) is 5.78 Å². The lowest BCUT2D eigenvalue weighted by molar-refractivity contribution is -0.125. The number of anilines is 1. The zero-order chi connectivity index (χ0) is 19.9. The average molecular weight is 370 g/mol. The van der Waals surface area contributed by atoms with Crippen molar-refractivity contribution in [3.63, 3.8) is 0 Å². The Bertz CT molecular complexity index is 1060. The number of fused-ring (bicyclic) bond motifs is 1. The summed E-state index contributed by atoms with van der Waals surface area (Å²) in [6.07, 6.45) is 6.41. The van der Waals surface area contributed by atoms with Gasteiger partial charge in [-0.05, 0) is 37.1 Å². The molecule has 1 aliphatic heterocycles. The predicted molar refractivity (Wildman–Crippen MR) is 103 cm³/mol. The number of Topliss-reactive ketones (excluding diaryl/α,β-unsaturated/α-hetero) is 1. The second-order valence-corrected chi connectivity index (χ2v) is 7.40. The van der Waals surface area contributed by atoms with E-state index in [4.69, 9.17) is 0 Å². The van der Waals surface area contributed by atoms with Crippen LogP contribution in [0.1, 0.15) is 19.4 Å². The van der Waals surface area contributed by atoms with Crippen molar-refractivity contribution in [3.8, 4) is 6.07 Å². The summed E-state index contributed by atoms with van der Waals surface area (Å²) in [5, 5.41) is 9.61. The Hall–Kier alpha value is -3.59. The van der Waals surface area contributed by atoms with Crippen molar-refractivity contribution in [2.75, 3.05) is 11.4 Å². The summed E-state index contributed by atoms with van der Waals surface area (Å²) in [5.41, 5.74) is -0.775. The van der Waals surface area contributed by atoms with E-state index in [1.807, 2.05) is 42.5 Å². The molecule has 0 radical (unpaired) electrons. The minimum atomic E-state index is -1.23. The second kappa shape index (κ2) is 6.24. The number of carbonyl (C=O) groups excluding carboxylic acids is 2. The molecule has 0 saturated carbocycles. The summed E-state index contributed by atoms with van der Waals surface area (Å²) in [4.78, 5) is 36.5. The highest BCUT2D eigenvalue weighted by Gasteiger charge is 2.57. The van der Waals surface area contributed by atoms with E-state index < -0.39 is 10.8 Å². The molecular weight excluding hydrogens is 352 g/mol. The molecule has 6 nitrogen and oxygen atoms in total. The highest BCUT2D eigenvalue weighted by Crippen LogP contribution is 2.52. The lowest BCUT2D eigenvalue weighted by atomic mass is 9.56. The van der Waals surface area contributed by atoms with Gasteiger partial charge in [0.25, 0.3) is 0 Å². The smallest absolute Gasteiger partial charge is 0.247 e. The largest absolute Gasteiger partial charge is 0.292 e. The summed E-state index contributed by atoms with van der Waals surface area (Å²) in [6.45, 7) is 3.85. The molecule has 1 aromatic carbocycles. The molecule has 138 valence electrons. The molecule has 0 saturated heterocycles. The number of rotatable bonds is 2. The standard InChI is InChI=1S/C22H18N4O2/c1-21(2)17-9-11-26(18-8-10-24-14-25-18)20(28)22(17,12-15(13-23)19(21)27)16-6-4-3-5-7-16/h3-10,12,14H,11H2,1-2H3/t22-/m1/s1. The Morgan fingerprint density at radius 2 is 1.89 bits per heavy atom. The van der Waals surface area contributed by atoms with Crippen molar-refractivity contribution in [1.29, 1.82) is 5.26 Å². The molecule has 0 unspecified atom stereocenters. The van der Waals surface area contributed by atoms with E-state index in [-0.39, 0.29) is 17.3 Å². The van der Waals surface area contributed by atoms with Gasteiger partial charge in [0.1, 0.15) is 23.6 Å². The first-order chi connectivity index (χ1) is 13.4. The Balaban J connectivity index is 2.03. The normalized spacial score (nSPS) is 23.4. The number of amides is 1. The molecule has 0 fully saturated rings. The van der Waals surface area contributed by atoms with Crippen LogP contribution in [0.5, 0.6) is 0 Å². The number of carbonyl (C=O) groups is 2. The minimum absolute atomic E-state index is 0.00360. The molecule has 1 aromatic heterocycles. The van der Waals surface area contributed by atoms with E-state index in [1.165, 1.54) is 12.4 Å². The quantitative estimate of drug-likeness (QED) is 0.759. The number of benzene rings is 1. The molecule has 1 atom stereocenters. The topological polar surface area (TPSA) is 87.0 Å². The highest BCUT2D eigenvalue weighted by atomic mass is 16.2. The predicted octanol–water partition coefficient (Wildman–Crippen LogP) is 2.75. The molecular formula is C22H18N4O2. The van der Waals surface area contributed by atoms with E-state index in [0.29, 0.717) is 17.9 Å². The van der Waals surface area contributed by atoms with Gasteiger partial charge >= 0.3 is 0 Å². The Morgan fingerprint density at radius 3 is 2.54 bits per heavy atom. The molecule has 0 N–H and O–H groups in total. The van der Waals surface area contributed by atoms with Crippen LogP contribution in [-0.2, 0) is 15.0 Å². The summed E-state index contributed by atoms with van der Waals surface area (Å²) in [7, 11) is 0. The van der Waals surface area contributed by atoms with E-state index in [0.717, 1.165) is 5.56 Å². The van der Waals surface area contributed by atoms with Crippen molar-refractivity contribution >= 4 is 17.5 Å². The van der Waals surface area contributed by atoms with Gasteiger partial charge in [-0.15, -0.1) is 0 Å². The van der Waals surface area contributed by atoms with Crippen LogP contribution >= 0.6 is 0 Å². The molecule has 1 amide bonds. The van der Waals surface area contributed by atoms with Gasteiger partial charge in [0.05, 0.1) is 11.0 Å². The minimum Gasteiger partial charge on any atom is -0.292 e. The van der Waals surface area contributed by atoms with Crippen LogP contribution in [0.3, 0.4) is 0 Å². The summed E-state index contributed by atoms with van der Waals surface area (Å²) >= 11 is 0. The van der Waals surface area contributed by atoms with E-state index in [9.17, 15) is 14.9 Å². The van der Waals surface area contributed by atoms with Crippen LogP contribution in [0, 0.1) is 16.7 Å². The Labute approximate surface area is 162 Å². The van der Waals surface area contributed by atoms with Gasteiger partial charge in [-0.25, -0.2) is 9.97 Å². The van der Waals surface area contributed by atoms with Crippen LogP contribution in [0.25, 0.3) is 0 Å². The molecule has 2 aliphatic rings. The molecule has 0 bridgehead atoms. The zero-order valence-corrected chi connectivity index (χ0v) is 15.6.